The SMILES string of the molecule is C=Nc1c(/C=C\C)cccc1S(=O)(=O)Nc1ccc(C(=O)N2CCCN(c3ccccc3OC)CC2)c(Cl)c1. The average Bonchev–Trinajstić information content (AvgIpc) is 3.19. The second kappa shape index (κ2) is 12.4. The van der Waals surface area contributed by atoms with Crippen molar-refractivity contribution in [3.8, 4) is 5.75 Å². The lowest BCUT2D eigenvalue weighted by molar-refractivity contribution is 0.0767. The maximum Gasteiger partial charge on any atom is 0.264 e. The largest absolute Gasteiger partial charge is 0.495 e. The van der Waals surface area contributed by atoms with Crippen LogP contribution in [0.25, 0.3) is 6.08 Å². The van der Waals surface area contributed by atoms with E-state index in [4.69, 9.17) is 16.3 Å². The van der Waals surface area contributed by atoms with Crippen LogP contribution in [0.1, 0.15) is 29.3 Å². The van der Waals surface area contributed by atoms with Crippen LogP contribution in [0, 0.1) is 0 Å². The summed E-state index contributed by atoms with van der Waals surface area (Å²) in [6, 6.07) is 17.2. The predicted molar refractivity (Wildman–Crippen MR) is 158 cm³/mol. The molecule has 3 aromatic rings. The van der Waals surface area contributed by atoms with Crippen molar-refractivity contribution in [1.29, 1.82) is 0 Å². The molecule has 0 atom stereocenters. The molecular formula is C29H31ClN4O4S. The van der Waals surface area contributed by atoms with Crippen molar-refractivity contribution in [2.24, 2.45) is 4.99 Å². The van der Waals surface area contributed by atoms with E-state index in [9.17, 15) is 13.2 Å². The lowest BCUT2D eigenvalue weighted by Crippen LogP contribution is -2.35. The fourth-order valence-corrected chi connectivity index (χ4v) is 6.13. The van der Waals surface area contributed by atoms with E-state index in [1.54, 1.807) is 42.4 Å². The first-order valence-corrected chi connectivity index (χ1v) is 14.4. The second-order valence-electron chi connectivity index (χ2n) is 8.96. The van der Waals surface area contributed by atoms with E-state index in [0.717, 1.165) is 24.4 Å². The maximum atomic E-state index is 13.4. The summed E-state index contributed by atoms with van der Waals surface area (Å²) in [4.78, 5) is 21.3. The van der Waals surface area contributed by atoms with Crippen molar-refractivity contribution < 1.29 is 17.9 Å². The van der Waals surface area contributed by atoms with E-state index in [0.29, 0.717) is 30.8 Å². The van der Waals surface area contributed by atoms with Gasteiger partial charge in [-0.05, 0) is 56.5 Å². The van der Waals surface area contributed by atoms with Gasteiger partial charge in [0.15, 0.2) is 0 Å². The smallest absolute Gasteiger partial charge is 0.264 e. The highest BCUT2D eigenvalue weighted by Crippen LogP contribution is 2.32. The Labute approximate surface area is 234 Å². The summed E-state index contributed by atoms with van der Waals surface area (Å²) >= 11 is 6.50. The Hall–Kier alpha value is -3.82. The highest BCUT2D eigenvalue weighted by molar-refractivity contribution is 7.92. The van der Waals surface area contributed by atoms with Gasteiger partial charge in [0.05, 0.1) is 34.8 Å². The number of carbonyl (C=O) groups excluding carboxylic acids is 1. The molecule has 204 valence electrons. The van der Waals surface area contributed by atoms with E-state index in [1.807, 2.05) is 31.2 Å². The maximum absolute atomic E-state index is 13.4. The molecular weight excluding hydrogens is 536 g/mol. The standard InChI is InChI=1S/C29H31ClN4O4S/c1-4-9-21-10-7-13-27(28(21)31-2)39(36,37)32-22-14-15-23(24(30)20-22)29(35)34-17-8-16-33(18-19-34)25-11-5-6-12-26(25)38-3/h4-7,9-15,20,32H,2,8,16-19H2,1,3H3/b9-4-. The summed E-state index contributed by atoms with van der Waals surface area (Å²) < 4.78 is 34.4. The quantitative estimate of drug-likeness (QED) is 0.344. The number of allylic oxidation sites excluding steroid dienone is 1. The Balaban J connectivity index is 1.50. The number of para-hydroxylation sites is 3. The number of methoxy groups -OCH3 is 1. The Bertz CT molecular complexity index is 1510. The number of ether oxygens (including phenoxy) is 1. The summed E-state index contributed by atoms with van der Waals surface area (Å²) in [5.41, 5.74) is 2.44. The van der Waals surface area contributed by atoms with Crippen molar-refractivity contribution in [2.45, 2.75) is 18.2 Å². The normalized spacial score (nSPS) is 14.2. The minimum absolute atomic E-state index is 0.00598. The zero-order valence-electron chi connectivity index (χ0n) is 21.9. The topological polar surface area (TPSA) is 91.3 Å². The van der Waals surface area contributed by atoms with Gasteiger partial charge < -0.3 is 14.5 Å². The van der Waals surface area contributed by atoms with Crippen LogP contribution in [0.2, 0.25) is 5.02 Å². The van der Waals surface area contributed by atoms with Crippen molar-refractivity contribution in [3.63, 3.8) is 0 Å². The monoisotopic (exact) mass is 566 g/mol. The third-order valence-corrected chi connectivity index (χ3v) is 8.21. The van der Waals surface area contributed by atoms with Gasteiger partial charge in [-0.3, -0.25) is 14.5 Å². The number of anilines is 2. The fraction of sp³-hybridized carbons (Fsp3) is 0.241. The molecule has 0 aliphatic carbocycles. The molecule has 1 fully saturated rings. The Morgan fingerprint density at radius 2 is 1.87 bits per heavy atom. The molecule has 4 rings (SSSR count). The Kier molecular flexibility index (Phi) is 8.93. The van der Waals surface area contributed by atoms with E-state index >= 15 is 0 Å². The molecule has 8 nitrogen and oxygen atoms in total. The van der Waals surface area contributed by atoms with Gasteiger partial charge in [-0.25, -0.2) is 8.42 Å². The Morgan fingerprint density at radius 1 is 1.08 bits per heavy atom. The molecule has 1 saturated heterocycles. The first kappa shape index (κ1) is 28.2. The first-order valence-electron chi connectivity index (χ1n) is 12.5. The van der Waals surface area contributed by atoms with Gasteiger partial charge in [-0.1, -0.05) is 48.0 Å². The number of amides is 1. The number of sulfonamides is 1. The number of rotatable bonds is 8. The fourth-order valence-electron chi connectivity index (χ4n) is 4.62. The van der Waals surface area contributed by atoms with Crippen LogP contribution in [0.5, 0.6) is 5.75 Å². The second-order valence-corrected chi connectivity index (χ2v) is 11.0. The van der Waals surface area contributed by atoms with Gasteiger partial charge >= 0.3 is 0 Å². The summed E-state index contributed by atoms with van der Waals surface area (Å²) in [5, 5.41) is 0.163. The predicted octanol–water partition coefficient (Wildman–Crippen LogP) is 5.87. The molecule has 0 spiro atoms. The molecule has 0 unspecified atom stereocenters. The molecule has 1 heterocycles. The number of carbonyl (C=O) groups is 1. The van der Waals surface area contributed by atoms with E-state index in [2.05, 4.69) is 21.3 Å². The van der Waals surface area contributed by atoms with Gasteiger partial charge in [-0.15, -0.1) is 0 Å². The molecule has 1 aliphatic heterocycles. The van der Waals surface area contributed by atoms with E-state index < -0.39 is 10.0 Å². The van der Waals surface area contributed by atoms with Crippen LogP contribution in [0.15, 0.2) is 76.6 Å². The number of hydrogen-bond donors (Lipinski definition) is 1. The molecule has 3 aromatic carbocycles. The minimum Gasteiger partial charge on any atom is -0.495 e. The van der Waals surface area contributed by atoms with Crippen molar-refractivity contribution in [3.05, 3.63) is 82.9 Å². The molecule has 1 aliphatic rings. The highest BCUT2D eigenvalue weighted by Gasteiger charge is 2.25. The minimum atomic E-state index is -4.00. The number of halogens is 1. The highest BCUT2D eigenvalue weighted by atomic mass is 35.5. The van der Waals surface area contributed by atoms with Gasteiger partial charge in [-0.2, -0.15) is 0 Å². The number of benzene rings is 3. The van der Waals surface area contributed by atoms with Crippen LogP contribution in [0.3, 0.4) is 0 Å². The van der Waals surface area contributed by atoms with Crippen LogP contribution in [-0.2, 0) is 10.0 Å². The molecule has 1 amide bonds. The van der Waals surface area contributed by atoms with Crippen molar-refractivity contribution >= 4 is 57.4 Å². The molecule has 1 N–H and O–H groups in total. The third kappa shape index (κ3) is 6.26. The van der Waals surface area contributed by atoms with E-state index in [1.165, 1.54) is 18.2 Å². The molecule has 39 heavy (non-hydrogen) atoms. The molecule has 0 radical (unpaired) electrons. The van der Waals surface area contributed by atoms with Crippen molar-refractivity contribution in [1.82, 2.24) is 4.90 Å². The van der Waals surface area contributed by atoms with Crippen LogP contribution >= 0.6 is 11.6 Å². The summed E-state index contributed by atoms with van der Waals surface area (Å²) in [5.74, 6) is 0.594. The van der Waals surface area contributed by atoms with Crippen LogP contribution < -0.4 is 14.4 Å². The number of hydrogen-bond acceptors (Lipinski definition) is 6. The molecule has 0 bridgehead atoms. The number of nitrogens with one attached hydrogen (secondary N) is 1. The van der Waals surface area contributed by atoms with Crippen molar-refractivity contribution in [2.75, 3.05) is 42.9 Å². The zero-order chi connectivity index (χ0) is 28.0. The van der Waals surface area contributed by atoms with Gasteiger partial charge in [0.1, 0.15) is 10.6 Å². The summed E-state index contributed by atoms with van der Waals surface area (Å²) in [7, 11) is -2.35. The Morgan fingerprint density at radius 3 is 2.59 bits per heavy atom. The average molecular weight is 567 g/mol. The first-order chi connectivity index (χ1) is 18.8. The lowest BCUT2D eigenvalue weighted by atomic mass is 10.1. The van der Waals surface area contributed by atoms with Gasteiger partial charge in [0.2, 0.25) is 0 Å². The molecule has 10 heteroatoms. The lowest BCUT2D eigenvalue weighted by Gasteiger charge is -2.25. The number of aliphatic imine (C=N–C) groups is 1. The summed E-state index contributed by atoms with van der Waals surface area (Å²) in [6.45, 7) is 7.89. The van der Waals surface area contributed by atoms with Crippen LogP contribution in [-0.4, -0.2) is 59.2 Å². The van der Waals surface area contributed by atoms with Gasteiger partial charge in [0.25, 0.3) is 15.9 Å². The zero-order valence-corrected chi connectivity index (χ0v) is 23.5. The summed E-state index contributed by atoms with van der Waals surface area (Å²) in [6.07, 6.45) is 4.34. The van der Waals surface area contributed by atoms with Gasteiger partial charge in [0, 0.05) is 31.7 Å². The molecule has 0 saturated carbocycles. The molecule has 0 aromatic heterocycles. The van der Waals surface area contributed by atoms with E-state index in [-0.39, 0.29) is 27.2 Å². The number of nitrogens with zero attached hydrogens (tertiary/aromatic N) is 3. The van der Waals surface area contributed by atoms with Crippen LogP contribution in [0.4, 0.5) is 17.1 Å². The third-order valence-electron chi connectivity index (χ3n) is 6.48.